The van der Waals surface area contributed by atoms with Crippen LogP contribution in [0.3, 0.4) is 0 Å². The first-order valence-electron chi connectivity index (χ1n) is 7.48. The van der Waals surface area contributed by atoms with Crippen LogP contribution in [0.25, 0.3) is 0 Å². The average Bonchev–Trinajstić information content (AvgIpc) is 2.94. The van der Waals surface area contributed by atoms with E-state index in [-0.39, 0.29) is 5.91 Å². The quantitative estimate of drug-likeness (QED) is 0.850. The molecule has 0 spiro atoms. The van der Waals surface area contributed by atoms with E-state index in [2.05, 4.69) is 36.3 Å². The SMILES string of the molecule is Cc1ccc(C2CCN(C(=O)c3cnn(C)c3)CC2)cc1. The van der Waals surface area contributed by atoms with Crippen molar-refractivity contribution in [1.29, 1.82) is 0 Å². The average molecular weight is 283 g/mol. The third-order valence-corrected chi connectivity index (χ3v) is 4.28. The van der Waals surface area contributed by atoms with Gasteiger partial charge >= 0.3 is 0 Å². The number of likely N-dealkylation sites (tertiary alicyclic amines) is 1. The van der Waals surface area contributed by atoms with Crippen molar-refractivity contribution in [3.8, 4) is 0 Å². The highest BCUT2D eigenvalue weighted by atomic mass is 16.2. The zero-order valence-electron chi connectivity index (χ0n) is 12.6. The molecule has 0 atom stereocenters. The van der Waals surface area contributed by atoms with Crippen LogP contribution in [0.1, 0.15) is 40.2 Å². The number of carbonyl (C=O) groups is 1. The maximum Gasteiger partial charge on any atom is 0.257 e. The maximum absolute atomic E-state index is 12.4. The molecule has 1 aliphatic rings. The van der Waals surface area contributed by atoms with Crippen LogP contribution >= 0.6 is 0 Å². The summed E-state index contributed by atoms with van der Waals surface area (Å²) in [5.74, 6) is 0.675. The van der Waals surface area contributed by atoms with Gasteiger partial charge in [0.25, 0.3) is 5.91 Å². The fourth-order valence-corrected chi connectivity index (χ4v) is 2.97. The Hall–Kier alpha value is -2.10. The van der Waals surface area contributed by atoms with Gasteiger partial charge in [0.15, 0.2) is 0 Å². The highest BCUT2D eigenvalue weighted by molar-refractivity contribution is 5.93. The molecule has 0 saturated carbocycles. The number of benzene rings is 1. The third-order valence-electron chi connectivity index (χ3n) is 4.28. The summed E-state index contributed by atoms with van der Waals surface area (Å²) < 4.78 is 1.67. The Bertz CT molecular complexity index is 622. The van der Waals surface area contributed by atoms with E-state index in [1.165, 1.54) is 11.1 Å². The first-order valence-corrected chi connectivity index (χ1v) is 7.48. The second kappa shape index (κ2) is 5.72. The van der Waals surface area contributed by atoms with Crippen LogP contribution in [-0.2, 0) is 7.05 Å². The fraction of sp³-hybridized carbons (Fsp3) is 0.412. The molecule has 0 N–H and O–H groups in total. The zero-order chi connectivity index (χ0) is 14.8. The number of rotatable bonds is 2. The monoisotopic (exact) mass is 283 g/mol. The van der Waals surface area contributed by atoms with E-state index in [0.29, 0.717) is 11.5 Å². The molecule has 110 valence electrons. The van der Waals surface area contributed by atoms with Crippen molar-refractivity contribution in [2.24, 2.45) is 7.05 Å². The minimum absolute atomic E-state index is 0.102. The summed E-state index contributed by atoms with van der Waals surface area (Å²) in [5, 5.41) is 4.07. The van der Waals surface area contributed by atoms with Gasteiger partial charge in [0.1, 0.15) is 0 Å². The number of piperidine rings is 1. The van der Waals surface area contributed by atoms with Gasteiger partial charge < -0.3 is 4.90 Å². The summed E-state index contributed by atoms with van der Waals surface area (Å²) in [4.78, 5) is 14.3. The molecule has 1 amide bonds. The molecule has 0 bridgehead atoms. The van der Waals surface area contributed by atoms with Crippen LogP contribution in [0.5, 0.6) is 0 Å². The molecule has 0 aliphatic carbocycles. The van der Waals surface area contributed by atoms with Gasteiger partial charge in [0.2, 0.25) is 0 Å². The van der Waals surface area contributed by atoms with Crippen LogP contribution in [-0.4, -0.2) is 33.7 Å². The van der Waals surface area contributed by atoms with E-state index in [0.717, 1.165) is 25.9 Å². The zero-order valence-corrected chi connectivity index (χ0v) is 12.6. The number of hydrogen-bond acceptors (Lipinski definition) is 2. The summed E-state index contributed by atoms with van der Waals surface area (Å²) >= 11 is 0. The summed E-state index contributed by atoms with van der Waals surface area (Å²) in [5.41, 5.74) is 3.38. The van der Waals surface area contributed by atoms with E-state index in [9.17, 15) is 4.79 Å². The van der Waals surface area contributed by atoms with Crippen molar-refractivity contribution in [1.82, 2.24) is 14.7 Å². The Morgan fingerprint density at radius 2 is 1.86 bits per heavy atom. The maximum atomic E-state index is 12.4. The number of hydrogen-bond donors (Lipinski definition) is 0. The van der Waals surface area contributed by atoms with E-state index in [1.807, 2.05) is 11.9 Å². The van der Waals surface area contributed by atoms with Crippen molar-refractivity contribution in [2.75, 3.05) is 13.1 Å². The molecule has 0 radical (unpaired) electrons. The molecule has 1 aromatic carbocycles. The number of carbonyl (C=O) groups excluding carboxylic acids is 1. The Morgan fingerprint density at radius 1 is 1.19 bits per heavy atom. The van der Waals surface area contributed by atoms with Crippen LogP contribution < -0.4 is 0 Å². The molecule has 2 aromatic rings. The first-order chi connectivity index (χ1) is 10.1. The minimum Gasteiger partial charge on any atom is -0.339 e. The smallest absolute Gasteiger partial charge is 0.257 e. The second-order valence-corrected chi connectivity index (χ2v) is 5.88. The molecule has 1 aromatic heterocycles. The highest BCUT2D eigenvalue weighted by Crippen LogP contribution is 2.28. The van der Waals surface area contributed by atoms with E-state index in [1.54, 1.807) is 17.1 Å². The van der Waals surface area contributed by atoms with Gasteiger partial charge in [-0.15, -0.1) is 0 Å². The van der Waals surface area contributed by atoms with Crippen molar-refractivity contribution in [2.45, 2.75) is 25.7 Å². The van der Waals surface area contributed by atoms with Gasteiger partial charge in [-0.1, -0.05) is 29.8 Å². The van der Waals surface area contributed by atoms with Crippen LogP contribution in [0.2, 0.25) is 0 Å². The molecule has 0 unspecified atom stereocenters. The van der Waals surface area contributed by atoms with Crippen molar-refractivity contribution in [3.63, 3.8) is 0 Å². The third kappa shape index (κ3) is 2.99. The lowest BCUT2D eigenvalue weighted by molar-refractivity contribution is 0.0713. The molecular formula is C17H21N3O. The van der Waals surface area contributed by atoms with Gasteiger partial charge in [0, 0.05) is 26.3 Å². The van der Waals surface area contributed by atoms with E-state index < -0.39 is 0 Å². The highest BCUT2D eigenvalue weighted by Gasteiger charge is 2.25. The van der Waals surface area contributed by atoms with Crippen LogP contribution in [0.4, 0.5) is 0 Å². The van der Waals surface area contributed by atoms with Gasteiger partial charge in [-0.05, 0) is 31.2 Å². The number of aromatic nitrogens is 2. The summed E-state index contributed by atoms with van der Waals surface area (Å²) in [6.07, 6.45) is 5.51. The largest absolute Gasteiger partial charge is 0.339 e. The van der Waals surface area contributed by atoms with Crippen LogP contribution in [0.15, 0.2) is 36.7 Å². The normalized spacial score (nSPS) is 16.2. The summed E-state index contributed by atoms with van der Waals surface area (Å²) in [6.45, 7) is 3.76. The molecule has 2 heterocycles. The lowest BCUT2D eigenvalue weighted by Gasteiger charge is -2.32. The molecule has 4 heteroatoms. The number of nitrogens with zero attached hydrogens (tertiary/aromatic N) is 3. The molecule has 1 saturated heterocycles. The molecule has 1 fully saturated rings. The Balaban J connectivity index is 1.62. The second-order valence-electron chi connectivity index (χ2n) is 5.88. The van der Waals surface area contributed by atoms with E-state index >= 15 is 0 Å². The van der Waals surface area contributed by atoms with Gasteiger partial charge in [0.05, 0.1) is 11.8 Å². The molecular weight excluding hydrogens is 262 g/mol. The Morgan fingerprint density at radius 3 is 2.43 bits per heavy atom. The van der Waals surface area contributed by atoms with Crippen molar-refractivity contribution in [3.05, 3.63) is 53.3 Å². The molecule has 4 nitrogen and oxygen atoms in total. The molecule has 1 aliphatic heterocycles. The van der Waals surface area contributed by atoms with Gasteiger partial charge in [-0.3, -0.25) is 9.48 Å². The van der Waals surface area contributed by atoms with Gasteiger partial charge in [-0.2, -0.15) is 5.10 Å². The fourth-order valence-electron chi connectivity index (χ4n) is 2.97. The summed E-state index contributed by atoms with van der Waals surface area (Å²) in [6, 6.07) is 8.78. The van der Waals surface area contributed by atoms with Crippen molar-refractivity contribution < 1.29 is 4.79 Å². The van der Waals surface area contributed by atoms with Gasteiger partial charge in [-0.25, -0.2) is 0 Å². The lowest BCUT2D eigenvalue weighted by atomic mass is 9.89. The predicted octanol–water partition coefficient (Wildman–Crippen LogP) is 2.75. The standard InChI is InChI=1S/C17H21N3O/c1-13-3-5-14(6-4-13)15-7-9-20(10-8-15)17(21)16-11-18-19(2)12-16/h3-6,11-12,15H,7-10H2,1-2H3. The molecule has 21 heavy (non-hydrogen) atoms. The minimum atomic E-state index is 0.102. The van der Waals surface area contributed by atoms with Crippen LogP contribution in [0, 0.1) is 6.92 Å². The Kier molecular flexibility index (Phi) is 3.78. The summed E-state index contributed by atoms with van der Waals surface area (Å²) in [7, 11) is 1.83. The number of amides is 1. The number of aryl methyl sites for hydroxylation is 2. The predicted molar refractivity (Wildman–Crippen MR) is 82.3 cm³/mol. The van der Waals surface area contributed by atoms with E-state index in [4.69, 9.17) is 0 Å². The Labute approximate surface area is 125 Å². The first kappa shape index (κ1) is 13.9. The lowest BCUT2D eigenvalue weighted by Crippen LogP contribution is -2.37. The topological polar surface area (TPSA) is 38.1 Å². The van der Waals surface area contributed by atoms with Crippen molar-refractivity contribution >= 4 is 5.91 Å². The molecule has 3 rings (SSSR count).